The molecule has 3 aliphatic rings. The molecule has 1 aromatic rings. The fourth-order valence-electron chi connectivity index (χ4n) is 7.77. The van der Waals surface area contributed by atoms with Crippen molar-refractivity contribution in [2.75, 3.05) is 6.54 Å². The lowest BCUT2D eigenvalue weighted by Crippen LogP contribution is -2.58. The molecular weight excluding hydrogens is 612 g/mol. The topological polar surface area (TPSA) is 167 Å². The first kappa shape index (κ1) is 37.8. The number of carbonyl (C=O) groups is 5. The minimum absolute atomic E-state index is 0.0440. The first-order chi connectivity index (χ1) is 22.5. The molecule has 2 aliphatic carbocycles. The van der Waals surface area contributed by atoms with Crippen LogP contribution in [-0.4, -0.2) is 84.6 Å². The summed E-state index contributed by atoms with van der Waals surface area (Å²) in [6.07, 6.45) is 7.42. The van der Waals surface area contributed by atoms with E-state index >= 15 is 0 Å². The number of hydrogen-bond donors (Lipinski definition) is 3. The Hall–Kier alpha value is -3.05. The summed E-state index contributed by atoms with van der Waals surface area (Å²) < 4.78 is 0. The normalized spacial score (nSPS) is 26.5. The van der Waals surface area contributed by atoms with Gasteiger partial charge in [0, 0.05) is 50.0 Å². The van der Waals surface area contributed by atoms with Crippen molar-refractivity contribution in [2.24, 2.45) is 40.9 Å². The zero-order valence-corrected chi connectivity index (χ0v) is 29.8. The lowest BCUT2D eigenvalue weighted by Gasteiger charge is -2.37. The minimum atomic E-state index is -1.23. The van der Waals surface area contributed by atoms with E-state index in [1.165, 1.54) is 23.5 Å². The van der Waals surface area contributed by atoms with Crippen LogP contribution in [0.4, 0.5) is 0 Å². The molecule has 11 nitrogen and oxygen atoms in total. The minimum Gasteiger partial charge on any atom is -0.390 e. The number of amides is 2. The molecule has 1 aliphatic heterocycles. The lowest BCUT2D eigenvalue weighted by atomic mass is 9.81. The molecule has 266 valence electrons. The van der Waals surface area contributed by atoms with Gasteiger partial charge in [0.25, 0.3) is 0 Å². The van der Waals surface area contributed by atoms with Gasteiger partial charge in [-0.1, -0.05) is 48.0 Å². The van der Waals surface area contributed by atoms with Crippen LogP contribution in [0.3, 0.4) is 0 Å². The van der Waals surface area contributed by atoms with Gasteiger partial charge in [-0.25, -0.2) is 4.98 Å². The first-order valence-electron chi connectivity index (χ1n) is 17.8. The Bertz CT molecular complexity index is 1340. The molecule has 11 heteroatoms. The van der Waals surface area contributed by atoms with Crippen LogP contribution in [0.25, 0.3) is 0 Å². The maximum Gasteiger partial charge on any atom is 0.246 e. The number of Topliss-reactive ketones (excluding diaryl/α,β-unsaturated/α-hetero) is 3. The van der Waals surface area contributed by atoms with Crippen molar-refractivity contribution in [1.29, 1.82) is 0 Å². The van der Waals surface area contributed by atoms with Crippen LogP contribution in [0.5, 0.6) is 0 Å². The van der Waals surface area contributed by atoms with E-state index in [1.807, 2.05) is 41.5 Å². The molecule has 1 aromatic heterocycles. The number of nitrogens with one attached hydrogen (secondary N) is 1. The molecule has 2 amide bonds. The molecule has 0 radical (unpaired) electrons. The van der Waals surface area contributed by atoms with Gasteiger partial charge in [-0.15, -0.1) is 0 Å². The van der Waals surface area contributed by atoms with Gasteiger partial charge >= 0.3 is 0 Å². The summed E-state index contributed by atoms with van der Waals surface area (Å²) in [6, 6.07) is -1.86. The van der Waals surface area contributed by atoms with Crippen molar-refractivity contribution in [2.45, 2.75) is 130 Å². The van der Waals surface area contributed by atoms with E-state index in [2.05, 4.69) is 15.3 Å². The summed E-state index contributed by atoms with van der Waals surface area (Å²) in [4.78, 5) is 78.2. The van der Waals surface area contributed by atoms with Crippen LogP contribution in [0.2, 0.25) is 0 Å². The SMILES string of the molecule is CCCC(CC(=O)[C@@H]1[C@H]2CC[C@@](C)(O)[C@H]2CN1C(=O)[C@@H](NC(=O)[C@H](CC(=O)c1cnccn1)C(C)C)C(C)(C)C)C(O)C(=O)CC1CC1. The van der Waals surface area contributed by atoms with Crippen molar-refractivity contribution < 1.29 is 34.2 Å². The monoisotopic (exact) mass is 668 g/mol. The Kier molecular flexibility index (Phi) is 12.0. The maximum atomic E-state index is 14.6. The van der Waals surface area contributed by atoms with Gasteiger partial charge in [-0.05, 0) is 68.1 Å². The van der Waals surface area contributed by atoms with Crippen LogP contribution in [-0.2, 0) is 19.2 Å². The van der Waals surface area contributed by atoms with Crippen LogP contribution in [0.15, 0.2) is 18.6 Å². The molecule has 0 aromatic carbocycles. The van der Waals surface area contributed by atoms with E-state index in [0.717, 1.165) is 12.8 Å². The van der Waals surface area contributed by atoms with E-state index in [-0.39, 0.29) is 60.2 Å². The van der Waals surface area contributed by atoms with Gasteiger partial charge in [0.15, 0.2) is 17.3 Å². The Morgan fingerprint density at radius 1 is 1.08 bits per heavy atom. The molecule has 0 spiro atoms. The fraction of sp³-hybridized carbons (Fsp3) is 0.757. The van der Waals surface area contributed by atoms with E-state index in [0.29, 0.717) is 38.0 Å². The van der Waals surface area contributed by atoms with E-state index in [9.17, 15) is 34.2 Å². The molecule has 4 rings (SSSR count). The summed E-state index contributed by atoms with van der Waals surface area (Å²) in [5.41, 5.74) is -1.66. The maximum absolute atomic E-state index is 14.6. The highest BCUT2D eigenvalue weighted by atomic mass is 16.3. The van der Waals surface area contributed by atoms with Crippen LogP contribution in [0.1, 0.15) is 117 Å². The molecular formula is C37H56N4O7. The second-order valence-corrected chi connectivity index (χ2v) is 16.3. The van der Waals surface area contributed by atoms with Crippen molar-refractivity contribution >= 4 is 29.2 Å². The summed E-state index contributed by atoms with van der Waals surface area (Å²) >= 11 is 0. The first-order valence-corrected chi connectivity index (χ1v) is 17.8. The second kappa shape index (κ2) is 15.2. The number of aromatic nitrogens is 2. The zero-order valence-electron chi connectivity index (χ0n) is 29.8. The second-order valence-electron chi connectivity index (χ2n) is 16.3. The molecule has 8 atom stereocenters. The van der Waals surface area contributed by atoms with Crippen molar-refractivity contribution in [1.82, 2.24) is 20.2 Å². The predicted molar refractivity (Wildman–Crippen MR) is 179 cm³/mol. The Labute approximate surface area is 285 Å². The van der Waals surface area contributed by atoms with E-state index in [1.54, 1.807) is 6.92 Å². The number of ketones is 3. The van der Waals surface area contributed by atoms with Gasteiger partial charge in [-0.2, -0.15) is 0 Å². The third-order valence-electron chi connectivity index (χ3n) is 10.9. The van der Waals surface area contributed by atoms with E-state index in [4.69, 9.17) is 0 Å². The smallest absolute Gasteiger partial charge is 0.246 e. The third kappa shape index (κ3) is 8.75. The molecule has 2 unspecified atom stereocenters. The van der Waals surface area contributed by atoms with Gasteiger partial charge < -0.3 is 20.4 Å². The van der Waals surface area contributed by atoms with Crippen LogP contribution >= 0.6 is 0 Å². The number of aliphatic hydroxyl groups is 2. The zero-order chi connectivity index (χ0) is 35.6. The average molecular weight is 669 g/mol. The Balaban J connectivity index is 1.58. The molecule has 0 bridgehead atoms. The molecule has 3 fully saturated rings. The average Bonchev–Trinajstić information content (AvgIpc) is 3.67. The third-order valence-corrected chi connectivity index (χ3v) is 10.9. The van der Waals surface area contributed by atoms with Crippen molar-refractivity contribution in [3.05, 3.63) is 24.3 Å². The highest BCUT2D eigenvalue weighted by Gasteiger charge is 2.58. The summed E-state index contributed by atoms with van der Waals surface area (Å²) in [5, 5.41) is 25.3. The van der Waals surface area contributed by atoms with Crippen LogP contribution in [0, 0.1) is 40.9 Å². The Morgan fingerprint density at radius 2 is 1.77 bits per heavy atom. The number of carbonyl (C=O) groups excluding carboxylic acids is 5. The Morgan fingerprint density at radius 3 is 2.33 bits per heavy atom. The number of nitrogens with zero attached hydrogens (tertiary/aromatic N) is 3. The van der Waals surface area contributed by atoms with Crippen molar-refractivity contribution in [3.8, 4) is 0 Å². The number of likely N-dealkylation sites (tertiary alicyclic amines) is 1. The molecule has 48 heavy (non-hydrogen) atoms. The number of hydrogen-bond acceptors (Lipinski definition) is 9. The standard InChI is InChI=1S/C37H56N4O7/c1-8-9-23(32(45)30(44)16-22-10-11-22)17-29(43)31-24-12-13-37(7,48)26(24)20-41(31)35(47)33(36(4,5)6)40-34(46)25(21(2)3)18-28(42)27-19-38-14-15-39-27/h14-15,19,21-26,31-33,45,48H,8-13,16-18,20H2,1-7H3,(H,40,46)/t23?,24-,25+,26-,31-,32?,33+,37+/m0/s1. The van der Waals surface area contributed by atoms with Crippen molar-refractivity contribution in [3.63, 3.8) is 0 Å². The van der Waals surface area contributed by atoms with Gasteiger partial charge in [0.1, 0.15) is 17.8 Å². The summed E-state index contributed by atoms with van der Waals surface area (Å²) in [5.74, 6) is -3.42. The fourth-order valence-corrected chi connectivity index (χ4v) is 7.77. The van der Waals surface area contributed by atoms with Gasteiger partial charge in [0.2, 0.25) is 11.8 Å². The molecule has 2 saturated carbocycles. The molecule has 2 heterocycles. The van der Waals surface area contributed by atoms with Gasteiger partial charge in [0.05, 0.1) is 17.8 Å². The van der Waals surface area contributed by atoms with Crippen LogP contribution < -0.4 is 5.32 Å². The summed E-state index contributed by atoms with van der Waals surface area (Å²) in [7, 11) is 0. The largest absolute Gasteiger partial charge is 0.390 e. The lowest BCUT2D eigenvalue weighted by molar-refractivity contribution is -0.145. The van der Waals surface area contributed by atoms with E-state index < -0.39 is 52.9 Å². The summed E-state index contributed by atoms with van der Waals surface area (Å²) in [6.45, 7) is 13.1. The highest BCUT2D eigenvalue weighted by molar-refractivity contribution is 5.98. The van der Waals surface area contributed by atoms with Gasteiger partial charge in [-0.3, -0.25) is 29.0 Å². The number of rotatable bonds is 16. The quantitative estimate of drug-likeness (QED) is 0.221. The number of aliphatic hydroxyl groups excluding tert-OH is 1. The molecule has 3 N–H and O–H groups in total. The highest BCUT2D eigenvalue weighted by Crippen LogP contribution is 2.49. The molecule has 1 saturated heterocycles. The number of fused-ring (bicyclic) bond motifs is 1. The predicted octanol–water partition coefficient (Wildman–Crippen LogP) is 3.95.